The molecule has 2 atom stereocenters. The van der Waals surface area contributed by atoms with Crippen LogP contribution >= 0.6 is 0 Å². The van der Waals surface area contributed by atoms with Crippen LogP contribution in [0.25, 0.3) is 0 Å². The van der Waals surface area contributed by atoms with Gasteiger partial charge >= 0.3 is 5.97 Å². The molecular formula is C18H24N2O4. The average Bonchev–Trinajstić information content (AvgIpc) is 2.98. The molecule has 2 rings (SSSR count). The van der Waals surface area contributed by atoms with E-state index in [-0.39, 0.29) is 24.3 Å². The van der Waals surface area contributed by atoms with Crippen molar-refractivity contribution in [3.63, 3.8) is 0 Å². The lowest BCUT2D eigenvalue weighted by atomic mass is 10.0. The number of aryl methyl sites for hydroxylation is 3. The zero-order valence-corrected chi connectivity index (χ0v) is 14.3. The quantitative estimate of drug-likeness (QED) is 0.770. The van der Waals surface area contributed by atoms with Crippen molar-refractivity contribution in [1.29, 1.82) is 0 Å². The molecule has 1 aliphatic rings. The summed E-state index contributed by atoms with van der Waals surface area (Å²) in [4.78, 5) is 35.1. The number of rotatable bonds is 5. The summed E-state index contributed by atoms with van der Waals surface area (Å²) in [5, 5.41) is 14.4. The smallest absolute Gasteiger partial charge is 0.306 e. The molecule has 0 aromatic heterocycles. The Kier molecular flexibility index (Phi) is 5.59. The fourth-order valence-corrected chi connectivity index (χ4v) is 3.32. The van der Waals surface area contributed by atoms with Crippen LogP contribution < -0.4 is 10.6 Å². The fraction of sp³-hybridized carbons (Fsp3) is 0.500. The van der Waals surface area contributed by atoms with E-state index in [4.69, 9.17) is 5.11 Å². The fourth-order valence-electron chi connectivity index (χ4n) is 3.32. The van der Waals surface area contributed by atoms with Crippen LogP contribution in [-0.2, 0) is 14.4 Å². The third-order valence-corrected chi connectivity index (χ3v) is 4.52. The lowest BCUT2D eigenvalue weighted by Crippen LogP contribution is -2.36. The number of hydrogen-bond acceptors (Lipinski definition) is 3. The van der Waals surface area contributed by atoms with Crippen molar-refractivity contribution >= 4 is 23.5 Å². The number of carboxylic acid groups (broad SMARTS) is 1. The van der Waals surface area contributed by atoms with Gasteiger partial charge in [-0.1, -0.05) is 17.7 Å². The number of amides is 2. The SMILES string of the molecule is Cc1cc(C)c(NC(=O)CNC(=O)[C@@H]2CC[C@H](C(=O)O)C2)c(C)c1. The molecule has 130 valence electrons. The summed E-state index contributed by atoms with van der Waals surface area (Å²) >= 11 is 0. The molecule has 6 heteroatoms. The molecule has 6 nitrogen and oxygen atoms in total. The molecule has 0 radical (unpaired) electrons. The Bertz CT molecular complexity index is 646. The van der Waals surface area contributed by atoms with Crippen molar-refractivity contribution in [3.05, 3.63) is 28.8 Å². The Hall–Kier alpha value is -2.37. The molecule has 0 bridgehead atoms. The topological polar surface area (TPSA) is 95.5 Å². The summed E-state index contributed by atoms with van der Waals surface area (Å²) in [7, 11) is 0. The highest BCUT2D eigenvalue weighted by molar-refractivity contribution is 5.96. The monoisotopic (exact) mass is 332 g/mol. The van der Waals surface area contributed by atoms with Gasteiger partial charge in [-0.25, -0.2) is 0 Å². The van der Waals surface area contributed by atoms with Gasteiger partial charge in [0.2, 0.25) is 11.8 Å². The van der Waals surface area contributed by atoms with E-state index in [0.717, 1.165) is 22.4 Å². The molecule has 0 heterocycles. The van der Waals surface area contributed by atoms with E-state index >= 15 is 0 Å². The van der Waals surface area contributed by atoms with Gasteiger partial charge in [-0.3, -0.25) is 14.4 Å². The Labute approximate surface area is 141 Å². The molecule has 3 N–H and O–H groups in total. The van der Waals surface area contributed by atoms with Crippen LogP contribution in [0.1, 0.15) is 36.0 Å². The second kappa shape index (κ2) is 7.47. The first kappa shape index (κ1) is 18.0. The van der Waals surface area contributed by atoms with Crippen molar-refractivity contribution < 1.29 is 19.5 Å². The van der Waals surface area contributed by atoms with E-state index in [9.17, 15) is 14.4 Å². The second-order valence-corrected chi connectivity index (χ2v) is 6.58. The zero-order chi connectivity index (χ0) is 17.9. The molecule has 0 aliphatic heterocycles. The molecule has 24 heavy (non-hydrogen) atoms. The Balaban J connectivity index is 1.86. The van der Waals surface area contributed by atoms with Crippen LogP contribution in [-0.4, -0.2) is 29.4 Å². The molecule has 0 spiro atoms. The van der Waals surface area contributed by atoms with Gasteiger partial charge in [-0.15, -0.1) is 0 Å². The molecule has 1 saturated carbocycles. The van der Waals surface area contributed by atoms with Gasteiger partial charge in [0.25, 0.3) is 0 Å². The number of aliphatic carboxylic acids is 1. The van der Waals surface area contributed by atoms with Crippen molar-refractivity contribution in [1.82, 2.24) is 5.32 Å². The summed E-state index contributed by atoms with van der Waals surface area (Å²) in [5.41, 5.74) is 3.86. The summed E-state index contributed by atoms with van der Waals surface area (Å²) in [6.07, 6.45) is 1.42. The van der Waals surface area contributed by atoms with E-state index in [2.05, 4.69) is 10.6 Å². The van der Waals surface area contributed by atoms with E-state index in [1.165, 1.54) is 0 Å². The normalized spacial score (nSPS) is 19.8. The lowest BCUT2D eigenvalue weighted by Gasteiger charge is -2.14. The minimum atomic E-state index is -0.853. The largest absolute Gasteiger partial charge is 0.481 e. The summed E-state index contributed by atoms with van der Waals surface area (Å²) < 4.78 is 0. The molecule has 0 unspecified atom stereocenters. The van der Waals surface area contributed by atoms with E-state index in [0.29, 0.717) is 19.3 Å². The van der Waals surface area contributed by atoms with Gasteiger partial charge in [0.15, 0.2) is 0 Å². The summed E-state index contributed by atoms with van der Waals surface area (Å²) in [6.45, 7) is 5.75. The maximum Gasteiger partial charge on any atom is 0.306 e. The molecule has 0 saturated heterocycles. The Morgan fingerprint density at radius 1 is 1.08 bits per heavy atom. The highest BCUT2D eigenvalue weighted by Gasteiger charge is 2.33. The predicted molar refractivity (Wildman–Crippen MR) is 90.8 cm³/mol. The minimum absolute atomic E-state index is 0.111. The first-order valence-corrected chi connectivity index (χ1v) is 8.16. The maximum absolute atomic E-state index is 12.1. The van der Waals surface area contributed by atoms with Gasteiger partial charge < -0.3 is 15.7 Å². The molecular weight excluding hydrogens is 308 g/mol. The third kappa shape index (κ3) is 4.34. The number of anilines is 1. The number of benzene rings is 1. The number of carboxylic acids is 1. The Morgan fingerprint density at radius 3 is 2.21 bits per heavy atom. The van der Waals surface area contributed by atoms with Crippen LogP contribution in [0, 0.1) is 32.6 Å². The number of carbonyl (C=O) groups excluding carboxylic acids is 2. The van der Waals surface area contributed by atoms with Crippen LogP contribution in [0.3, 0.4) is 0 Å². The van der Waals surface area contributed by atoms with Crippen LogP contribution in [0.15, 0.2) is 12.1 Å². The van der Waals surface area contributed by atoms with Gasteiger partial charge in [0.05, 0.1) is 12.5 Å². The van der Waals surface area contributed by atoms with E-state index in [1.807, 2.05) is 32.9 Å². The summed E-state index contributed by atoms with van der Waals surface area (Å²) in [6, 6.07) is 3.98. The first-order chi connectivity index (χ1) is 11.3. The van der Waals surface area contributed by atoms with Gasteiger partial charge in [0.1, 0.15) is 0 Å². The van der Waals surface area contributed by atoms with Crippen LogP contribution in [0.5, 0.6) is 0 Å². The van der Waals surface area contributed by atoms with Crippen molar-refractivity contribution in [2.75, 3.05) is 11.9 Å². The standard InChI is InChI=1S/C18H24N2O4/c1-10-6-11(2)16(12(3)7-10)20-15(21)9-19-17(22)13-4-5-14(8-13)18(23)24/h6-7,13-14H,4-5,8-9H2,1-3H3,(H,19,22)(H,20,21)(H,23,24)/t13-,14+/m1/s1. The van der Waals surface area contributed by atoms with Gasteiger partial charge in [0, 0.05) is 11.6 Å². The minimum Gasteiger partial charge on any atom is -0.481 e. The average molecular weight is 332 g/mol. The van der Waals surface area contributed by atoms with Crippen molar-refractivity contribution in [2.24, 2.45) is 11.8 Å². The summed E-state index contributed by atoms with van der Waals surface area (Å²) in [5.74, 6) is -2.15. The van der Waals surface area contributed by atoms with E-state index in [1.54, 1.807) is 0 Å². The number of hydrogen-bond donors (Lipinski definition) is 3. The zero-order valence-electron chi connectivity index (χ0n) is 14.3. The third-order valence-electron chi connectivity index (χ3n) is 4.52. The molecule has 1 fully saturated rings. The highest BCUT2D eigenvalue weighted by atomic mass is 16.4. The van der Waals surface area contributed by atoms with Gasteiger partial charge in [-0.2, -0.15) is 0 Å². The Morgan fingerprint density at radius 2 is 1.67 bits per heavy atom. The predicted octanol–water partition coefficient (Wildman–Crippen LogP) is 2.17. The van der Waals surface area contributed by atoms with Crippen molar-refractivity contribution in [3.8, 4) is 0 Å². The molecule has 1 aromatic rings. The highest BCUT2D eigenvalue weighted by Crippen LogP contribution is 2.31. The molecule has 1 aliphatic carbocycles. The number of carbonyl (C=O) groups is 3. The maximum atomic E-state index is 12.1. The second-order valence-electron chi connectivity index (χ2n) is 6.58. The lowest BCUT2D eigenvalue weighted by molar-refractivity contribution is -0.141. The molecule has 1 aromatic carbocycles. The number of nitrogens with one attached hydrogen (secondary N) is 2. The van der Waals surface area contributed by atoms with Crippen molar-refractivity contribution in [2.45, 2.75) is 40.0 Å². The first-order valence-electron chi connectivity index (χ1n) is 8.16. The van der Waals surface area contributed by atoms with E-state index < -0.39 is 11.9 Å². The van der Waals surface area contributed by atoms with Gasteiger partial charge in [-0.05, 0) is 51.2 Å². The van der Waals surface area contributed by atoms with Crippen LogP contribution in [0.4, 0.5) is 5.69 Å². The molecule has 2 amide bonds. The van der Waals surface area contributed by atoms with Crippen LogP contribution in [0.2, 0.25) is 0 Å².